The summed E-state index contributed by atoms with van der Waals surface area (Å²) in [4.78, 5) is 0. The number of benzene rings is 4. The van der Waals surface area contributed by atoms with Crippen LogP contribution in [-0.2, 0) is 5.41 Å². The SMILES string of the molecule is [B]c1ccc2c(c1)c1cc3c(cc1n2-c1ccccc1)-c1ccccc1C3(C)C. The van der Waals surface area contributed by atoms with Crippen molar-refractivity contribution in [2.24, 2.45) is 0 Å². The third-order valence-corrected chi connectivity index (χ3v) is 6.51. The molecule has 0 unspecified atom stereocenters. The van der Waals surface area contributed by atoms with Crippen LogP contribution in [0, 0.1) is 0 Å². The van der Waals surface area contributed by atoms with Gasteiger partial charge in [-0.2, -0.15) is 0 Å². The van der Waals surface area contributed by atoms with Gasteiger partial charge in [0.25, 0.3) is 0 Å². The topological polar surface area (TPSA) is 4.93 Å². The van der Waals surface area contributed by atoms with E-state index in [1.54, 1.807) is 0 Å². The fourth-order valence-corrected chi connectivity index (χ4v) is 5.09. The van der Waals surface area contributed by atoms with Crippen LogP contribution in [0.5, 0.6) is 0 Å². The highest BCUT2D eigenvalue weighted by molar-refractivity contribution is 6.34. The molecule has 1 aliphatic rings. The molecular weight excluding hydrogens is 349 g/mol. The average Bonchev–Trinajstić information content (AvgIpc) is 3.17. The van der Waals surface area contributed by atoms with E-state index in [9.17, 15) is 0 Å². The highest BCUT2D eigenvalue weighted by Gasteiger charge is 2.36. The maximum absolute atomic E-state index is 6.19. The highest BCUT2D eigenvalue weighted by atomic mass is 15.0. The molecule has 0 fully saturated rings. The fourth-order valence-electron chi connectivity index (χ4n) is 5.09. The van der Waals surface area contributed by atoms with Gasteiger partial charge in [0.1, 0.15) is 7.85 Å². The second-order valence-electron chi connectivity index (χ2n) is 8.53. The highest BCUT2D eigenvalue weighted by Crippen LogP contribution is 2.50. The molecule has 2 heteroatoms. The van der Waals surface area contributed by atoms with Crippen LogP contribution in [0.1, 0.15) is 25.0 Å². The zero-order valence-corrected chi connectivity index (χ0v) is 16.6. The minimum absolute atomic E-state index is 0.0123. The second kappa shape index (κ2) is 5.64. The van der Waals surface area contributed by atoms with Crippen molar-refractivity contribution in [3.8, 4) is 16.8 Å². The first kappa shape index (κ1) is 16.7. The van der Waals surface area contributed by atoms with E-state index in [0.29, 0.717) is 0 Å². The molecule has 0 atom stereocenters. The Morgan fingerprint density at radius 3 is 2.21 bits per heavy atom. The molecule has 4 aromatic carbocycles. The minimum Gasteiger partial charge on any atom is -0.309 e. The average molecular weight is 369 g/mol. The molecule has 5 aromatic rings. The van der Waals surface area contributed by atoms with Crippen molar-refractivity contribution in [3.05, 3.63) is 96.1 Å². The summed E-state index contributed by atoms with van der Waals surface area (Å²) in [5.74, 6) is 0. The van der Waals surface area contributed by atoms with Crippen molar-refractivity contribution in [1.82, 2.24) is 4.57 Å². The number of nitrogens with zero attached hydrogens (tertiary/aromatic N) is 1. The lowest BCUT2D eigenvalue weighted by atomic mass is 9.82. The van der Waals surface area contributed by atoms with Gasteiger partial charge in [0, 0.05) is 21.9 Å². The molecule has 1 aliphatic carbocycles. The maximum atomic E-state index is 6.19. The Labute approximate surface area is 172 Å². The van der Waals surface area contributed by atoms with Gasteiger partial charge < -0.3 is 4.57 Å². The summed E-state index contributed by atoms with van der Waals surface area (Å²) in [7, 11) is 6.19. The number of hydrogen-bond donors (Lipinski definition) is 0. The van der Waals surface area contributed by atoms with Crippen molar-refractivity contribution in [2.75, 3.05) is 0 Å². The first-order chi connectivity index (χ1) is 14.1. The van der Waals surface area contributed by atoms with E-state index in [4.69, 9.17) is 7.85 Å². The molecule has 0 spiro atoms. The second-order valence-corrected chi connectivity index (χ2v) is 8.53. The van der Waals surface area contributed by atoms with Crippen LogP contribution in [-0.4, -0.2) is 12.4 Å². The van der Waals surface area contributed by atoms with Crippen LogP contribution in [0.4, 0.5) is 0 Å². The van der Waals surface area contributed by atoms with Gasteiger partial charge in [-0.25, -0.2) is 0 Å². The van der Waals surface area contributed by atoms with Gasteiger partial charge in [0.2, 0.25) is 0 Å². The van der Waals surface area contributed by atoms with Gasteiger partial charge in [-0.3, -0.25) is 0 Å². The molecule has 0 N–H and O–H groups in total. The van der Waals surface area contributed by atoms with E-state index >= 15 is 0 Å². The molecule has 136 valence electrons. The third-order valence-electron chi connectivity index (χ3n) is 6.51. The maximum Gasteiger partial charge on any atom is 0.113 e. The molecule has 29 heavy (non-hydrogen) atoms. The molecule has 0 saturated carbocycles. The molecule has 0 aliphatic heterocycles. The predicted octanol–water partition coefficient (Wildman–Crippen LogP) is 5.88. The van der Waals surface area contributed by atoms with E-state index < -0.39 is 0 Å². The van der Waals surface area contributed by atoms with Gasteiger partial charge >= 0.3 is 0 Å². The summed E-state index contributed by atoms with van der Waals surface area (Å²) in [6.45, 7) is 4.66. The van der Waals surface area contributed by atoms with Crippen LogP contribution < -0.4 is 5.46 Å². The standard InChI is InChI=1S/C27H20BN/c1-27(2)23-11-7-6-10-19(23)20-16-26-22(15-24(20)27)21-14-17(28)12-13-25(21)29(26)18-8-4-3-5-9-18/h3-16H,1-2H3. The predicted molar refractivity (Wildman–Crippen MR) is 124 cm³/mol. The number of aromatic nitrogens is 1. The van der Waals surface area contributed by atoms with Crippen molar-refractivity contribution in [3.63, 3.8) is 0 Å². The summed E-state index contributed by atoms with van der Waals surface area (Å²) < 4.78 is 2.36. The molecule has 0 bridgehead atoms. The van der Waals surface area contributed by atoms with Crippen LogP contribution in [0.15, 0.2) is 84.9 Å². The molecule has 1 heterocycles. The molecule has 0 saturated heterocycles. The molecule has 6 rings (SSSR count). The van der Waals surface area contributed by atoms with Gasteiger partial charge in [-0.1, -0.05) is 73.9 Å². The lowest BCUT2D eigenvalue weighted by Gasteiger charge is -2.21. The minimum atomic E-state index is -0.0123. The normalized spacial score (nSPS) is 14.3. The molecule has 0 amide bonds. The summed E-state index contributed by atoms with van der Waals surface area (Å²) in [6.07, 6.45) is 0. The van der Waals surface area contributed by atoms with Crippen molar-refractivity contribution in [1.29, 1.82) is 0 Å². The van der Waals surface area contributed by atoms with Crippen LogP contribution >= 0.6 is 0 Å². The van der Waals surface area contributed by atoms with Gasteiger partial charge in [-0.05, 0) is 52.6 Å². The zero-order chi connectivity index (χ0) is 19.8. The van der Waals surface area contributed by atoms with Crippen molar-refractivity contribution < 1.29 is 0 Å². The van der Waals surface area contributed by atoms with Crippen LogP contribution in [0.25, 0.3) is 38.6 Å². The lowest BCUT2D eigenvalue weighted by molar-refractivity contribution is 0.661. The Hall–Kier alpha value is -3.26. The molecular formula is C27H20BN. The number of fused-ring (bicyclic) bond motifs is 6. The van der Waals surface area contributed by atoms with E-state index in [2.05, 4.69) is 97.3 Å². The smallest absolute Gasteiger partial charge is 0.113 e. The van der Waals surface area contributed by atoms with E-state index in [-0.39, 0.29) is 5.41 Å². The van der Waals surface area contributed by atoms with E-state index in [0.717, 1.165) is 5.46 Å². The first-order valence-corrected chi connectivity index (χ1v) is 10.1. The molecule has 1 nitrogen and oxygen atoms in total. The third kappa shape index (κ3) is 2.17. The molecule has 2 radical (unpaired) electrons. The summed E-state index contributed by atoms with van der Waals surface area (Å²) in [6, 6.07) is 30.4. The van der Waals surface area contributed by atoms with Gasteiger partial charge in [0.05, 0.1) is 11.0 Å². The van der Waals surface area contributed by atoms with Crippen molar-refractivity contribution in [2.45, 2.75) is 19.3 Å². The Morgan fingerprint density at radius 1 is 0.655 bits per heavy atom. The first-order valence-electron chi connectivity index (χ1n) is 10.1. The van der Waals surface area contributed by atoms with Gasteiger partial charge in [0.15, 0.2) is 0 Å². The summed E-state index contributed by atoms with van der Waals surface area (Å²) in [5, 5.41) is 2.47. The zero-order valence-electron chi connectivity index (χ0n) is 16.6. The van der Waals surface area contributed by atoms with Crippen LogP contribution in [0.3, 0.4) is 0 Å². The quantitative estimate of drug-likeness (QED) is 0.325. The summed E-state index contributed by atoms with van der Waals surface area (Å²) in [5.41, 5.74) is 9.85. The Kier molecular flexibility index (Phi) is 3.24. The van der Waals surface area contributed by atoms with Crippen molar-refractivity contribution >= 4 is 35.1 Å². The molecule has 1 aromatic heterocycles. The van der Waals surface area contributed by atoms with E-state index in [1.807, 2.05) is 6.07 Å². The summed E-state index contributed by atoms with van der Waals surface area (Å²) >= 11 is 0. The number of hydrogen-bond acceptors (Lipinski definition) is 0. The van der Waals surface area contributed by atoms with E-state index in [1.165, 1.54) is 49.7 Å². The largest absolute Gasteiger partial charge is 0.309 e. The number of rotatable bonds is 1. The van der Waals surface area contributed by atoms with Gasteiger partial charge in [-0.15, -0.1) is 0 Å². The Balaban J connectivity index is 1.80. The lowest BCUT2D eigenvalue weighted by Crippen LogP contribution is -2.14. The number of para-hydroxylation sites is 1. The fraction of sp³-hybridized carbons (Fsp3) is 0.111. The monoisotopic (exact) mass is 369 g/mol. The Bertz CT molecular complexity index is 1420. The van der Waals surface area contributed by atoms with Crippen LogP contribution in [0.2, 0.25) is 0 Å². The Morgan fingerprint density at radius 2 is 1.38 bits per heavy atom.